The van der Waals surface area contributed by atoms with Gasteiger partial charge in [0.25, 0.3) is 0 Å². The van der Waals surface area contributed by atoms with Crippen molar-refractivity contribution >= 4 is 31.4 Å². The summed E-state index contributed by atoms with van der Waals surface area (Å²) in [7, 11) is -7.07. The van der Waals surface area contributed by atoms with Crippen LogP contribution in [-0.2, 0) is 26.3 Å². The Kier molecular flexibility index (Phi) is 5.55. The summed E-state index contributed by atoms with van der Waals surface area (Å²) in [5, 5.41) is 11.3. The van der Waals surface area contributed by atoms with Crippen LogP contribution >= 0.6 is 0 Å². The van der Waals surface area contributed by atoms with Crippen LogP contribution in [0, 0.1) is 0 Å². The van der Waals surface area contributed by atoms with Crippen LogP contribution in [0.1, 0.15) is 5.56 Å². The van der Waals surface area contributed by atoms with Gasteiger partial charge in [-0.2, -0.15) is 0 Å². The Bertz CT molecular complexity index is 709. The second-order valence-electron chi connectivity index (χ2n) is 4.52. The molecule has 0 heterocycles. The number of nitrogens with one attached hydrogen (secondary N) is 1. The Labute approximate surface area is 123 Å². The third kappa shape index (κ3) is 6.95. The molecule has 0 bridgehead atoms. The van der Waals surface area contributed by atoms with Crippen molar-refractivity contribution in [3.05, 3.63) is 29.8 Å². The molecule has 10 heteroatoms. The molecule has 0 aliphatic rings. The van der Waals surface area contributed by atoms with Crippen molar-refractivity contribution in [3.8, 4) is 0 Å². The first-order valence-electron chi connectivity index (χ1n) is 5.85. The highest BCUT2D eigenvalue weighted by atomic mass is 32.2. The lowest BCUT2D eigenvalue weighted by molar-refractivity contribution is 0.317. The van der Waals surface area contributed by atoms with E-state index >= 15 is 0 Å². The van der Waals surface area contributed by atoms with Crippen LogP contribution < -0.4 is 10.5 Å². The Morgan fingerprint density at radius 2 is 1.76 bits per heavy atom. The Hall–Kier alpha value is -1.81. The maximum Gasteiger partial charge on any atom is 0.233 e. The fraction of sp³-hybridized carbons (Fsp3) is 0.364. The highest BCUT2D eigenvalue weighted by molar-refractivity contribution is 7.95. The number of benzene rings is 1. The molecule has 0 spiro atoms. The molecular weight excluding hydrogens is 318 g/mol. The van der Waals surface area contributed by atoms with Gasteiger partial charge in [0.1, 0.15) is 15.7 Å². The van der Waals surface area contributed by atoms with E-state index in [0.29, 0.717) is 5.69 Å². The molecule has 118 valence electrons. The molecule has 0 saturated heterocycles. The third-order valence-electron chi connectivity index (χ3n) is 2.46. The van der Waals surface area contributed by atoms with E-state index in [1.54, 1.807) is 12.1 Å². The highest BCUT2D eigenvalue weighted by Gasteiger charge is 2.14. The van der Waals surface area contributed by atoms with Gasteiger partial charge in [0, 0.05) is 18.4 Å². The molecule has 0 aliphatic heterocycles. The van der Waals surface area contributed by atoms with Crippen molar-refractivity contribution in [3.63, 3.8) is 0 Å². The molecule has 1 rings (SSSR count). The van der Waals surface area contributed by atoms with Crippen molar-refractivity contribution in [2.45, 2.75) is 6.42 Å². The SMILES string of the molecule is CS(=O)(=O)CCS(=O)(=O)Nc1ccc(CC(N)=NO)cc1. The van der Waals surface area contributed by atoms with Crippen LogP contribution in [0.25, 0.3) is 0 Å². The molecule has 0 amide bonds. The Balaban J connectivity index is 2.71. The maximum atomic E-state index is 11.7. The fourth-order valence-corrected chi connectivity index (χ4v) is 4.11. The maximum absolute atomic E-state index is 11.7. The van der Waals surface area contributed by atoms with E-state index in [2.05, 4.69) is 9.88 Å². The van der Waals surface area contributed by atoms with Crippen LogP contribution in [-0.4, -0.2) is 45.6 Å². The number of anilines is 1. The minimum absolute atomic E-state index is 0.0384. The highest BCUT2D eigenvalue weighted by Crippen LogP contribution is 2.12. The number of hydrogen-bond donors (Lipinski definition) is 3. The third-order valence-corrected chi connectivity index (χ3v) is 4.96. The summed E-state index contributed by atoms with van der Waals surface area (Å²) in [6, 6.07) is 6.26. The number of sulfonamides is 1. The van der Waals surface area contributed by atoms with Gasteiger partial charge in [-0.1, -0.05) is 17.3 Å². The van der Waals surface area contributed by atoms with Gasteiger partial charge in [-0.3, -0.25) is 4.72 Å². The summed E-state index contributed by atoms with van der Waals surface area (Å²) in [5.74, 6) is -0.904. The monoisotopic (exact) mass is 335 g/mol. The lowest BCUT2D eigenvalue weighted by Gasteiger charge is -2.08. The zero-order valence-corrected chi connectivity index (χ0v) is 13.0. The van der Waals surface area contributed by atoms with Gasteiger partial charge in [0.15, 0.2) is 0 Å². The first-order chi connectivity index (χ1) is 9.61. The molecule has 1 aromatic carbocycles. The van der Waals surface area contributed by atoms with Gasteiger partial charge < -0.3 is 10.9 Å². The van der Waals surface area contributed by atoms with E-state index in [9.17, 15) is 16.8 Å². The van der Waals surface area contributed by atoms with Crippen molar-refractivity contribution in [1.29, 1.82) is 0 Å². The van der Waals surface area contributed by atoms with E-state index in [-0.39, 0.29) is 12.3 Å². The molecular formula is C11H17N3O5S2. The van der Waals surface area contributed by atoms with Crippen LogP contribution in [0.4, 0.5) is 5.69 Å². The largest absolute Gasteiger partial charge is 0.409 e. The summed E-state index contributed by atoms with van der Waals surface area (Å²) in [6.45, 7) is 0. The van der Waals surface area contributed by atoms with Gasteiger partial charge in [-0.05, 0) is 17.7 Å². The quantitative estimate of drug-likeness (QED) is 0.272. The minimum Gasteiger partial charge on any atom is -0.409 e. The molecule has 0 atom stereocenters. The predicted octanol–water partition coefficient (Wildman–Crippen LogP) is -0.238. The van der Waals surface area contributed by atoms with E-state index in [4.69, 9.17) is 10.9 Å². The van der Waals surface area contributed by atoms with E-state index in [1.807, 2.05) is 0 Å². The minimum atomic E-state index is -3.73. The zero-order valence-electron chi connectivity index (χ0n) is 11.4. The molecule has 0 aliphatic carbocycles. The number of sulfone groups is 1. The number of nitrogens with zero attached hydrogens (tertiary/aromatic N) is 1. The molecule has 0 saturated carbocycles. The topological polar surface area (TPSA) is 139 Å². The van der Waals surface area contributed by atoms with Gasteiger partial charge in [-0.25, -0.2) is 16.8 Å². The molecule has 0 unspecified atom stereocenters. The van der Waals surface area contributed by atoms with Crippen molar-refractivity contribution < 1.29 is 22.0 Å². The lowest BCUT2D eigenvalue weighted by Crippen LogP contribution is -2.22. The van der Waals surface area contributed by atoms with Gasteiger partial charge >= 0.3 is 0 Å². The number of rotatable bonds is 7. The van der Waals surface area contributed by atoms with Crippen LogP contribution in [0.5, 0.6) is 0 Å². The molecule has 1 aromatic rings. The molecule has 0 aromatic heterocycles. The summed E-state index contributed by atoms with van der Waals surface area (Å²) in [4.78, 5) is 0. The number of nitrogens with two attached hydrogens (primary N) is 1. The van der Waals surface area contributed by atoms with Crippen molar-refractivity contribution in [2.75, 3.05) is 22.5 Å². The predicted molar refractivity (Wildman–Crippen MR) is 80.7 cm³/mol. The fourth-order valence-electron chi connectivity index (χ4n) is 1.43. The normalized spacial score (nSPS) is 13.1. The summed E-state index contributed by atoms with van der Waals surface area (Å²) < 4.78 is 47.6. The smallest absolute Gasteiger partial charge is 0.233 e. The zero-order chi connectivity index (χ0) is 16.1. The first-order valence-corrected chi connectivity index (χ1v) is 9.56. The number of oxime groups is 1. The lowest BCUT2D eigenvalue weighted by atomic mass is 10.1. The van der Waals surface area contributed by atoms with E-state index < -0.39 is 31.4 Å². The second-order valence-corrected chi connectivity index (χ2v) is 8.62. The molecule has 0 radical (unpaired) electrons. The standard InChI is InChI=1S/C11H17N3O5S2/c1-20(16,17)6-7-21(18,19)14-10-4-2-9(3-5-10)8-11(12)13-15/h2-5,14-15H,6-8H2,1H3,(H2,12,13). The summed E-state index contributed by atoms with van der Waals surface area (Å²) in [5.41, 5.74) is 6.41. The Morgan fingerprint density at radius 3 is 2.24 bits per heavy atom. The number of hydrogen-bond acceptors (Lipinski definition) is 6. The second kappa shape index (κ2) is 6.76. The average Bonchev–Trinajstić information content (AvgIpc) is 2.38. The van der Waals surface area contributed by atoms with Gasteiger partial charge in [-0.15, -0.1) is 0 Å². The van der Waals surface area contributed by atoms with Crippen LogP contribution in [0.2, 0.25) is 0 Å². The molecule has 0 fully saturated rings. The van der Waals surface area contributed by atoms with E-state index in [1.165, 1.54) is 12.1 Å². The van der Waals surface area contributed by atoms with Crippen molar-refractivity contribution in [2.24, 2.45) is 10.9 Å². The Morgan fingerprint density at radius 1 is 1.19 bits per heavy atom. The molecule has 8 nitrogen and oxygen atoms in total. The molecule has 4 N–H and O–H groups in total. The van der Waals surface area contributed by atoms with Crippen molar-refractivity contribution in [1.82, 2.24) is 0 Å². The summed E-state index contributed by atoms with van der Waals surface area (Å²) in [6.07, 6.45) is 1.21. The van der Waals surface area contributed by atoms with E-state index in [0.717, 1.165) is 11.8 Å². The number of amidine groups is 1. The average molecular weight is 335 g/mol. The van der Waals surface area contributed by atoms with Gasteiger partial charge in [0.2, 0.25) is 10.0 Å². The van der Waals surface area contributed by atoms with Crippen LogP contribution in [0.15, 0.2) is 29.4 Å². The van der Waals surface area contributed by atoms with Gasteiger partial charge in [0.05, 0.1) is 11.5 Å². The van der Waals surface area contributed by atoms with Crippen LogP contribution in [0.3, 0.4) is 0 Å². The first kappa shape index (κ1) is 17.2. The summed E-state index contributed by atoms with van der Waals surface area (Å²) >= 11 is 0. The molecule has 21 heavy (non-hydrogen) atoms.